The van der Waals surface area contributed by atoms with Gasteiger partial charge in [0.1, 0.15) is 16.4 Å². The number of sulfone groups is 1. The third-order valence-corrected chi connectivity index (χ3v) is 4.69. The molecule has 0 heterocycles. The summed E-state index contributed by atoms with van der Waals surface area (Å²) in [6, 6.07) is 13.0. The summed E-state index contributed by atoms with van der Waals surface area (Å²) in [4.78, 5) is 0.397. The predicted octanol–water partition coefficient (Wildman–Crippen LogP) is 3.32. The third kappa shape index (κ3) is 3.36. The van der Waals surface area contributed by atoms with Gasteiger partial charge in [-0.05, 0) is 50.2 Å². The number of ether oxygens (including phenoxy) is 2. The molecule has 2 aromatic rings. The van der Waals surface area contributed by atoms with Crippen LogP contribution in [0.15, 0.2) is 58.3 Å². The van der Waals surface area contributed by atoms with E-state index in [0.717, 1.165) is 0 Å². The molecule has 0 spiro atoms. The highest BCUT2D eigenvalue weighted by Gasteiger charge is 2.21. The summed E-state index contributed by atoms with van der Waals surface area (Å²) in [6.45, 7) is 4.65. The molecular weight excluding hydrogens is 288 g/mol. The van der Waals surface area contributed by atoms with Crippen LogP contribution in [0, 0.1) is 0 Å². The van der Waals surface area contributed by atoms with Gasteiger partial charge >= 0.3 is 0 Å². The fraction of sp³-hybridized carbons (Fsp3) is 0.250. The van der Waals surface area contributed by atoms with Crippen LogP contribution in [0.2, 0.25) is 0 Å². The van der Waals surface area contributed by atoms with E-state index in [4.69, 9.17) is 9.47 Å². The first kappa shape index (κ1) is 15.4. The van der Waals surface area contributed by atoms with Gasteiger partial charge in [-0.3, -0.25) is 0 Å². The minimum atomic E-state index is -3.60. The van der Waals surface area contributed by atoms with Crippen molar-refractivity contribution in [2.45, 2.75) is 23.6 Å². The zero-order chi connectivity index (χ0) is 15.3. The van der Waals surface area contributed by atoms with Crippen molar-refractivity contribution in [3.63, 3.8) is 0 Å². The molecule has 21 heavy (non-hydrogen) atoms. The molecule has 0 fully saturated rings. The van der Waals surface area contributed by atoms with Gasteiger partial charge in [0.2, 0.25) is 9.84 Å². The molecule has 5 heteroatoms. The number of rotatable bonds is 6. The van der Waals surface area contributed by atoms with Crippen molar-refractivity contribution in [3.05, 3.63) is 48.5 Å². The molecular formula is C16H18O4S. The standard InChI is InChI=1S/C16H18O4S/c1-3-19-13-9-11-14(12-10-13)21(17,18)16-8-6-5-7-15(16)20-4-2/h5-12H,3-4H2,1-2H3. The Balaban J connectivity index is 2.42. The van der Waals surface area contributed by atoms with E-state index in [9.17, 15) is 8.42 Å². The van der Waals surface area contributed by atoms with Crippen LogP contribution in [-0.2, 0) is 9.84 Å². The van der Waals surface area contributed by atoms with Gasteiger partial charge in [0.25, 0.3) is 0 Å². The van der Waals surface area contributed by atoms with Crippen molar-refractivity contribution >= 4 is 9.84 Å². The highest BCUT2D eigenvalue weighted by Crippen LogP contribution is 2.30. The quantitative estimate of drug-likeness (QED) is 0.821. The lowest BCUT2D eigenvalue weighted by Crippen LogP contribution is -2.05. The SMILES string of the molecule is CCOc1ccc(S(=O)(=O)c2ccccc2OCC)cc1. The number of hydrogen-bond donors (Lipinski definition) is 0. The fourth-order valence-electron chi connectivity index (χ4n) is 1.96. The molecule has 0 saturated heterocycles. The highest BCUT2D eigenvalue weighted by molar-refractivity contribution is 7.91. The minimum absolute atomic E-state index is 0.177. The molecule has 0 aliphatic heterocycles. The summed E-state index contributed by atoms with van der Waals surface area (Å²) in [5.41, 5.74) is 0. The maximum absolute atomic E-state index is 12.7. The van der Waals surface area contributed by atoms with Gasteiger partial charge in [0.05, 0.1) is 18.1 Å². The molecule has 0 saturated carbocycles. The van der Waals surface area contributed by atoms with E-state index < -0.39 is 9.84 Å². The van der Waals surface area contributed by atoms with Crippen molar-refractivity contribution in [1.82, 2.24) is 0 Å². The van der Waals surface area contributed by atoms with Crippen LogP contribution >= 0.6 is 0 Å². The summed E-state index contributed by atoms with van der Waals surface area (Å²) < 4.78 is 36.1. The molecule has 2 aromatic carbocycles. The van der Waals surface area contributed by atoms with Crippen LogP contribution in [0.25, 0.3) is 0 Å². The first-order valence-electron chi connectivity index (χ1n) is 6.79. The van der Waals surface area contributed by atoms with E-state index in [2.05, 4.69) is 0 Å². The molecule has 0 aliphatic carbocycles. The first-order valence-corrected chi connectivity index (χ1v) is 8.27. The fourth-order valence-corrected chi connectivity index (χ4v) is 3.35. The predicted molar refractivity (Wildman–Crippen MR) is 80.7 cm³/mol. The summed E-state index contributed by atoms with van der Waals surface area (Å²) in [7, 11) is -3.60. The lowest BCUT2D eigenvalue weighted by atomic mass is 10.3. The monoisotopic (exact) mass is 306 g/mol. The Kier molecular flexibility index (Phi) is 4.85. The zero-order valence-electron chi connectivity index (χ0n) is 12.1. The first-order chi connectivity index (χ1) is 10.1. The molecule has 0 atom stereocenters. The maximum atomic E-state index is 12.7. The average molecular weight is 306 g/mol. The van der Waals surface area contributed by atoms with E-state index in [1.807, 2.05) is 13.8 Å². The van der Waals surface area contributed by atoms with Gasteiger partial charge < -0.3 is 9.47 Å². The number of para-hydroxylation sites is 1. The van der Waals surface area contributed by atoms with Crippen molar-refractivity contribution in [1.29, 1.82) is 0 Å². The van der Waals surface area contributed by atoms with Crippen LogP contribution in [0.3, 0.4) is 0 Å². The summed E-state index contributed by atoms with van der Waals surface area (Å²) >= 11 is 0. The number of hydrogen-bond acceptors (Lipinski definition) is 4. The van der Waals surface area contributed by atoms with Gasteiger partial charge in [-0.25, -0.2) is 8.42 Å². The van der Waals surface area contributed by atoms with Gasteiger partial charge in [0, 0.05) is 0 Å². The Labute approximate surface area is 125 Å². The molecule has 0 amide bonds. The average Bonchev–Trinajstić information content (AvgIpc) is 2.49. The van der Waals surface area contributed by atoms with Crippen LogP contribution in [0.5, 0.6) is 11.5 Å². The van der Waals surface area contributed by atoms with E-state index in [1.165, 1.54) is 0 Å². The molecule has 0 bridgehead atoms. The van der Waals surface area contributed by atoms with E-state index in [-0.39, 0.29) is 9.79 Å². The molecule has 0 radical (unpaired) electrons. The van der Waals surface area contributed by atoms with Gasteiger partial charge in [0.15, 0.2) is 0 Å². The highest BCUT2D eigenvalue weighted by atomic mass is 32.2. The molecule has 0 unspecified atom stereocenters. The van der Waals surface area contributed by atoms with E-state index >= 15 is 0 Å². The molecule has 0 aliphatic rings. The summed E-state index contributed by atoms with van der Waals surface area (Å²) in [5, 5.41) is 0. The van der Waals surface area contributed by atoms with Gasteiger partial charge in [-0.15, -0.1) is 0 Å². The largest absolute Gasteiger partial charge is 0.494 e. The van der Waals surface area contributed by atoms with Crippen molar-refractivity contribution in [2.75, 3.05) is 13.2 Å². The second kappa shape index (κ2) is 6.63. The second-order valence-electron chi connectivity index (χ2n) is 4.29. The normalized spacial score (nSPS) is 11.1. The third-order valence-electron chi connectivity index (χ3n) is 2.88. The molecule has 0 N–H and O–H groups in total. The van der Waals surface area contributed by atoms with Crippen LogP contribution < -0.4 is 9.47 Å². The minimum Gasteiger partial charge on any atom is -0.494 e. The van der Waals surface area contributed by atoms with E-state index in [1.54, 1.807) is 48.5 Å². The number of benzene rings is 2. The smallest absolute Gasteiger partial charge is 0.210 e. The van der Waals surface area contributed by atoms with Gasteiger partial charge in [-0.2, -0.15) is 0 Å². The lowest BCUT2D eigenvalue weighted by molar-refractivity contribution is 0.331. The Morgan fingerprint density at radius 1 is 0.857 bits per heavy atom. The second-order valence-corrected chi connectivity index (χ2v) is 6.21. The Morgan fingerprint density at radius 2 is 1.48 bits per heavy atom. The lowest BCUT2D eigenvalue weighted by Gasteiger charge is -2.11. The van der Waals surface area contributed by atoms with E-state index in [0.29, 0.717) is 24.7 Å². The summed E-state index contributed by atoms with van der Waals surface area (Å²) in [6.07, 6.45) is 0. The van der Waals surface area contributed by atoms with Crippen LogP contribution in [-0.4, -0.2) is 21.6 Å². The summed E-state index contributed by atoms with van der Waals surface area (Å²) in [5.74, 6) is 1.02. The Bertz CT molecular complexity index is 690. The molecule has 0 aromatic heterocycles. The molecule has 2 rings (SSSR count). The topological polar surface area (TPSA) is 52.6 Å². The molecule has 4 nitrogen and oxygen atoms in total. The maximum Gasteiger partial charge on any atom is 0.210 e. The Hall–Kier alpha value is -2.01. The van der Waals surface area contributed by atoms with Crippen molar-refractivity contribution in [3.8, 4) is 11.5 Å². The molecule has 112 valence electrons. The zero-order valence-corrected chi connectivity index (χ0v) is 12.9. The van der Waals surface area contributed by atoms with Crippen LogP contribution in [0.1, 0.15) is 13.8 Å². The van der Waals surface area contributed by atoms with Crippen LogP contribution in [0.4, 0.5) is 0 Å². The van der Waals surface area contributed by atoms with Gasteiger partial charge in [-0.1, -0.05) is 12.1 Å². The van der Waals surface area contributed by atoms with Crippen molar-refractivity contribution < 1.29 is 17.9 Å². The van der Waals surface area contributed by atoms with Crippen molar-refractivity contribution in [2.24, 2.45) is 0 Å². The Morgan fingerprint density at radius 3 is 2.10 bits per heavy atom.